The van der Waals surface area contributed by atoms with Crippen LogP contribution >= 0.6 is 0 Å². The van der Waals surface area contributed by atoms with Crippen LogP contribution in [-0.2, 0) is 5.79 Å². The molecule has 3 rings (SSSR count). The number of carbonyl (C=O) groups excluding carboxylic acids is 1. The molecular weight excluding hydrogens is 242 g/mol. The van der Waals surface area contributed by atoms with E-state index in [1.54, 1.807) is 12.1 Å². The summed E-state index contributed by atoms with van der Waals surface area (Å²) in [6.45, 7) is 1.83. The Labute approximate surface area is 110 Å². The third kappa shape index (κ3) is 1.81. The number of rotatable bonds is 2. The van der Waals surface area contributed by atoms with Gasteiger partial charge in [0.25, 0.3) is 5.79 Å². The van der Waals surface area contributed by atoms with Crippen molar-refractivity contribution in [1.82, 2.24) is 0 Å². The quantitative estimate of drug-likeness (QED) is 0.662. The van der Waals surface area contributed by atoms with Crippen molar-refractivity contribution < 1.29 is 14.3 Å². The summed E-state index contributed by atoms with van der Waals surface area (Å²) in [6.07, 6.45) is 0.706. The summed E-state index contributed by atoms with van der Waals surface area (Å²) in [6, 6.07) is 12.8. The van der Waals surface area contributed by atoms with Crippen molar-refractivity contribution in [3.8, 4) is 11.5 Å². The molecule has 0 aromatic heterocycles. The lowest BCUT2D eigenvalue weighted by molar-refractivity contribution is -0.0680. The maximum Gasteiger partial charge on any atom is 0.275 e. The van der Waals surface area contributed by atoms with E-state index in [1.807, 2.05) is 37.3 Å². The summed E-state index contributed by atoms with van der Waals surface area (Å²) >= 11 is 0. The third-order valence-corrected chi connectivity index (χ3v) is 3.18. The van der Waals surface area contributed by atoms with E-state index < -0.39 is 5.79 Å². The van der Waals surface area contributed by atoms with Gasteiger partial charge in [-0.15, -0.1) is 0 Å². The van der Waals surface area contributed by atoms with E-state index in [2.05, 4.69) is 0 Å². The van der Waals surface area contributed by atoms with E-state index in [1.165, 1.54) is 0 Å². The number of ether oxygens (including phenoxy) is 2. The molecule has 2 N–H and O–H groups in total. The summed E-state index contributed by atoms with van der Waals surface area (Å²) in [4.78, 5) is 10.9. The molecule has 2 aromatic rings. The van der Waals surface area contributed by atoms with Crippen molar-refractivity contribution >= 4 is 12.0 Å². The minimum atomic E-state index is -0.891. The van der Waals surface area contributed by atoms with Crippen LogP contribution in [-0.4, -0.2) is 6.29 Å². The van der Waals surface area contributed by atoms with Gasteiger partial charge in [0.15, 0.2) is 17.8 Å². The highest BCUT2D eigenvalue weighted by Crippen LogP contribution is 2.45. The van der Waals surface area contributed by atoms with Crippen LogP contribution in [0, 0.1) is 0 Å². The molecular formula is C15H13NO3. The van der Waals surface area contributed by atoms with Crippen LogP contribution in [0.25, 0.3) is 0 Å². The number of benzene rings is 2. The summed E-state index contributed by atoms with van der Waals surface area (Å²) in [5.41, 5.74) is 7.45. The Hall–Kier alpha value is -2.49. The maximum absolute atomic E-state index is 10.9. The summed E-state index contributed by atoms with van der Waals surface area (Å²) < 4.78 is 11.7. The lowest BCUT2D eigenvalue weighted by Crippen LogP contribution is -2.31. The number of fused-ring (bicyclic) bond motifs is 1. The molecule has 4 heteroatoms. The minimum Gasteiger partial charge on any atom is -0.445 e. The predicted octanol–water partition coefficient (Wildman–Crippen LogP) is 2.73. The second-order valence-electron chi connectivity index (χ2n) is 4.56. The molecule has 0 aliphatic carbocycles. The lowest BCUT2D eigenvalue weighted by Gasteiger charge is -2.23. The molecule has 1 aliphatic heterocycles. The summed E-state index contributed by atoms with van der Waals surface area (Å²) in [5, 5.41) is 0. The Morgan fingerprint density at radius 3 is 2.37 bits per heavy atom. The van der Waals surface area contributed by atoms with Gasteiger partial charge < -0.3 is 15.2 Å². The molecule has 0 saturated carbocycles. The molecule has 1 unspecified atom stereocenters. The molecule has 1 heterocycles. The average Bonchev–Trinajstić information content (AvgIpc) is 2.75. The van der Waals surface area contributed by atoms with E-state index in [-0.39, 0.29) is 0 Å². The average molecular weight is 255 g/mol. The smallest absolute Gasteiger partial charge is 0.275 e. The van der Waals surface area contributed by atoms with E-state index in [0.29, 0.717) is 29.0 Å². The highest BCUT2D eigenvalue weighted by atomic mass is 16.7. The van der Waals surface area contributed by atoms with Gasteiger partial charge in [-0.3, -0.25) is 4.79 Å². The monoisotopic (exact) mass is 255 g/mol. The fourth-order valence-electron chi connectivity index (χ4n) is 2.15. The van der Waals surface area contributed by atoms with Crippen molar-refractivity contribution in [1.29, 1.82) is 0 Å². The van der Waals surface area contributed by atoms with Crippen LogP contribution in [0.1, 0.15) is 22.8 Å². The van der Waals surface area contributed by atoms with Crippen LogP contribution in [0.2, 0.25) is 0 Å². The SMILES string of the molecule is CC1(c2ccccc2)Oc2cc(N)c(C=O)cc2O1. The Bertz CT molecular complexity index is 639. The fraction of sp³-hybridized carbons (Fsp3) is 0.133. The van der Waals surface area contributed by atoms with Crippen LogP contribution in [0.15, 0.2) is 42.5 Å². The van der Waals surface area contributed by atoms with Crippen molar-refractivity contribution in [3.63, 3.8) is 0 Å². The zero-order valence-electron chi connectivity index (χ0n) is 10.4. The van der Waals surface area contributed by atoms with E-state index in [4.69, 9.17) is 15.2 Å². The van der Waals surface area contributed by atoms with E-state index >= 15 is 0 Å². The molecule has 4 nitrogen and oxygen atoms in total. The number of aldehydes is 1. The summed E-state index contributed by atoms with van der Waals surface area (Å²) in [5.74, 6) is 0.189. The second kappa shape index (κ2) is 4.02. The molecule has 0 fully saturated rings. The molecule has 0 spiro atoms. The standard InChI is InChI=1S/C15H13NO3/c1-15(11-5-3-2-4-6-11)18-13-7-10(9-17)12(16)8-14(13)19-15/h2-9H,16H2,1H3. The van der Waals surface area contributed by atoms with E-state index in [0.717, 1.165) is 5.56 Å². The first-order valence-corrected chi connectivity index (χ1v) is 5.94. The third-order valence-electron chi connectivity index (χ3n) is 3.18. The van der Waals surface area contributed by atoms with Gasteiger partial charge in [0.1, 0.15) is 0 Å². The highest BCUT2D eigenvalue weighted by Gasteiger charge is 2.39. The fourth-order valence-corrected chi connectivity index (χ4v) is 2.15. The predicted molar refractivity (Wildman–Crippen MR) is 71.3 cm³/mol. The first kappa shape index (κ1) is 11.6. The number of hydrogen-bond donors (Lipinski definition) is 1. The number of nitrogens with two attached hydrogens (primary N) is 1. The Balaban J connectivity index is 2.02. The van der Waals surface area contributed by atoms with Crippen molar-refractivity contribution in [2.45, 2.75) is 12.7 Å². The van der Waals surface area contributed by atoms with Gasteiger partial charge >= 0.3 is 0 Å². The minimum absolute atomic E-state index is 0.384. The number of carbonyl (C=O) groups is 1. The Morgan fingerprint density at radius 2 is 1.74 bits per heavy atom. The highest BCUT2D eigenvalue weighted by molar-refractivity contribution is 5.85. The van der Waals surface area contributed by atoms with Gasteiger partial charge in [-0.2, -0.15) is 0 Å². The van der Waals surface area contributed by atoms with Gasteiger partial charge in [0.05, 0.1) is 0 Å². The second-order valence-corrected chi connectivity index (χ2v) is 4.56. The van der Waals surface area contributed by atoms with Gasteiger partial charge in [-0.1, -0.05) is 30.3 Å². The molecule has 0 radical (unpaired) electrons. The molecule has 96 valence electrons. The van der Waals surface area contributed by atoms with Gasteiger partial charge in [0, 0.05) is 29.8 Å². The first-order chi connectivity index (χ1) is 9.12. The zero-order chi connectivity index (χ0) is 13.5. The van der Waals surface area contributed by atoms with Gasteiger partial charge in [0.2, 0.25) is 0 Å². The topological polar surface area (TPSA) is 61.5 Å². The zero-order valence-corrected chi connectivity index (χ0v) is 10.4. The molecule has 1 aliphatic rings. The van der Waals surface area contributed by atoms with Crippen LogP contribution in [0.5, 0.6) is 11.5 Å². The number of nitrogen functional groups attached to an aromatic ring is 1. The molecule has 0 bridgehead atoms. The largest absolute Gasteiger partial charge is 0.445 e. The van der Waals surface area contributed by atoms with Crippen LogP contribution in [0.3, 0.4) is 0 Å². The first-order valence-electron chi connectivity index (χ1n) is 5.94. The number of anilines is 1. The number of hydrogen-bond acceptors (Lipinski definition) is 4. The Kier molecular flexibility index (Phi) is 2.45. The Morgan fingerprint density at radius 1 is 1.11 bits per heavy atom. The molecule has 0 amide bonds. The van der Waals surface area contributed by atoms with Crippen LogP contribution in [0.4, 0.5) is 5.69 Å². The van der Waals surface area contributed by atoms with Gasteiger partial charge in [-0.05, 0) is 6.07 Å². The van der Waals surface area contributed by atoms with E-state index in [9.17, 15) is 4.79 Å². The molecule has 2 aromatic carbocycles. The van der Waals surface area contributed by atoms with Crippen molar-refractivity contribution in [2.24, 2.45) is 0 Å². The van der Waals surface area contributed by atoms with Crippen molar-refractivity contribution in [2.75, 3.05) is 5.73 Å². The maximum atomic E-state index is 10.9. The van der Waals surface area contributed by atoms with Crippen molar-refractivity contribution in [3.05, 3.63) is 53.6 Å². The van der Waals surface area contributed by atoms with Crippen LogP contribution < -0.4 is 15.2 Å². The molecule has 19 heavy (non-hydrogen) atoms. The summed E-state index contributed by atoms with van der Waals surface area (Å²) in [7, 11) is 0. The van der Waals surface area contributed by atoms with Gasteiger partial charge in [-0.25, -0.2) is 0 Å². The molecule has 1 atom stereocenters. The molecule has 0 saturated heterocycles. The lowest BCUT2D eigenvalue weighted by atomic mass is 10.1. The normalized spacial score (nSPS) is 20.3.